The molecule has 0 radical (unpaired) electrons. The highest BCUT2D eigenvalue weighted by Gasteiger charge is 2.40. The highest BCUT2D eigenvalue weighted by Crippen LogP contribution is 2.58. The van der Waals surface area contributed by atoms with Crippen molar-refractivity contribution in [3.05, 3.63) is 265 Å². The molecule has 1 aliphatic carbocycles. The van der Waals surface area contributed by atoms with Crippen molar-refractivity contribution in [2.24, 2.45) is 0 Å². The standard InChI is InChI=1S/C69H52N2/c1-45-18-14-20-48(38-45)51-40-52(49-21-15-19-46(2)39-49)42-58(41-51)71(55-27-12-7-13-28-55)57-36-37-60-64(44-57)69(3,4)68-62-31-17-29-59-63(43-50-22-16-30-61(67(60)68)65(50)66(59)62)47-32-34-56(35-33-47)70(53-23-8-5-9-24-53)54-25-10-6-11-26-54/h5-44H,1-4H3. The lowest BCUT2D eigenvalue weighted by Crippen LogP contribution is -2.17. The largest absolute Gasteiger partial charge is 0.311 e. The second kappa shape index (κ2) is 16.8. The van der Waals surface area contributed by atoms with E-state index in [9.17, 15) is 0 Å². The average molecular weight is 909 g/mol. The first-order chi connectivity index (χ1) is 34.8. The Morgan fingerprint density at radius 1 is 0.310 bits per heavy atom. The summed E-state index contributed by atoms with van der Waals surface area (Å²) in [5, 5.41) is 7.88. The minimum atomic E-state index is -0.302. The minimum Gasteiger partial charge on any atom is -0.311 e. The molecule has 0 fully saturated rings. The Morgan fingerprint density at radius 3 is 1.41 bits per heavy atom. The first-order valence-electron chi connectivity index (χ1n) is 24.8. The lowest BCUT2D eigenvalue weighted by atomic mass is 9.77. The van der Waals surface area contributed by atoms with E-state index in [1.807, 2.05) is 0 Å². The van der Waals surface area contributed by atoms with E-state index in [-0.39, 0.29) is 5.41 Å². The van der Waals surface area contributed by atoms with E-state index in [4.69, 9.17) is 0 Å². The summed E-state index contributed by atoms with van der Waals surface area (Å²) in [5.74, 6) is 0. The summed E-state index contributed by atoms with van der Waals surface area (Å²) in [4.78, 5) is 4.79. The third kappa shape index (κ3) is 7.09. The van der Waals surface area contributed by atoms with Gasteiger partial charge in [0.2, 0.25) is 0 Å². The van der Waals surface area contributed by atoms with Gasteiger partial charge in [-0.1, -0.05) is 183 Å². The summed E-state index contributed by atoms with van der Waals surface area (Å²) in [6.07, 6.45) is 0. The molecule has 0 amide bonds. The maximum atomic E-state index is 2.48. The van der Waals surface area contributed by atoms with Crippen molar-refractivity contribution in [2.75, 3.05) is 9.80 Å². The van der Waals surface area contributed by atoms with Crippen molar-refractivity contribution in [1.82, 2.24) is 0 Å². The molecule has 1 aliphatic rings. The van der Waals surface area contributed by atoms with Gasteiger partial charge in [0.15, 0.2) is 0 Å². The molecular formula is C69H52N2. The van der Waals surface area contributed by atoms with E-state index in [0.717, 1.165) is 34.1 Å². The predicted octanol–water partition coefficient (Wildman–Crippen LogP) is 19.4. The number of hydrogen-bond acceptors (Lipinski definition) is 2. The molecule has 13 rings (SSSR count). The number of hydrogen-bond donors (Lipinski definition) is 0. The zero-order valence-electron chi connectivity index (χ0n) is 40.5. The second-order valence-electron chi connectivity index (χ2n) is 19.9. The van der Waals surface area contributed by atoms with E-state index in [1.165, 1.54) is 99.1 Å². The Balaban J connectivity index is 0.965. The molecule has 0 unspecified atom stereocenters. The van der Waals surface area contributed by atoms with Crippen LogP contribution in [0.1, 0.15) is 36.1 Å². The van der Waals surface area contributed by atoms with Gasteiger partial charge < -0.3 is 9.80 Å². The van der Waals surface area contributed by atoms with E-state index in [1.54, 1.807) is 0 Å². The van der Waals surface area contributed by atoms with Crippen LogP contribution in [0.15, 0.2) is 243 Å². The molecule has 0 aromatic heterocycles. The summed E-state index contributed by atoms with van der Waals surface area (Å²) < 4.78 is 0. The Morgan fingerprint density at radius 2 is 0.817 bits per heavy atom. The first-order valence-corrected chi connectivity index (χ1v) is 24.8. The number of anilines is 6. The first kappa shape index (κ1) is 42.4. The topological polar surface area (TPSA) is 6.48 Å². The van der Waals surface area contributed by atoms with Gasteiger partial charge >= 0.3 is 0 Å². The summed E-state index contributed by atoms with van der Waals surface area (Å²) >= 11 is 0. The molecular weight excluding hydrogens is 857 g/mol. The highest BCUT2D eigenvalue weighted by atomic mass is 15.1. The molecule has 0 atom stereocenters. The quantitative estimate of drug-likeness (QED) is 0.133. The van der Waals surface area contributed by atoms with Crippen LogP contribution in [-0.4, -0.2) is 0 Å². The van der Waals surface area contributed by atoms with Crippen LogP contribution in [0.4, 0.5) is 34.1 Å². The van der Waals surface area contributed by atoms with Crippen molar-refractivity contribution < 1.29 is 0 Å². The SMILES string of the molecule is Cc1cccc(-c2cc(-c3cccc(C)c3)cc(N(c3ccccc3)c3ccc4c(c3)C(C)(C)c3c-4c4cccc5cc(-c6ccc(N(c7ccccc7)c7ccccc7)cc6)c6cccc3c6c54)c2)c1. The number of benzene rings is 12. The monoisotopic (exact) mass is 908 g/mol. The van der Waals surface area contributed by atoms with Crippen LogP contribution >= 0.6 is 0 Å². The molecule has 0 aliphatic heterocycles. The Bertz CT molecular complexity index is 3860. The number of fused-ring (bicyclic) bond motifs is 5. The molecule has 338 valence electrons. The molecule has 0 heterocycles. The lowest BCUT2D eigenvalue weighted by molar-refractivity contribution is 0.666. The number of aryl methyl sites for hydroxylation is 2. The average Bonchev–Trinajstić information content (AvgIpc) is 3.65. The molecule has 0 N–H and O–H groups in total. The summed E-state index contributed by atoms with van der Waals surface area (Å²) in [7, 11) is 0. The van der Waals surface area contributed by atoms with Crippen LogP contribution in [0.2, 0.25) is 0 Å². The number of nitrogens with zero attached hydrogens (tertiary/aromatic N) is 2. The zero-order valence-corrected chi connectivity index (χ0v) is 40.5. The number of para-hydroxylation sites is 3. The molecule has 2 heteroatoms. The molecule has 71 heavy (non-hydrogen) atoms. The molecule has 0 saturated carbocycles. The van der Waals surface area contributed by atoms with E-state index in [2.05, 4.69) is 280 Å². The molecule has 12 aromatic carbocycles. The van der Waals surface area contributed by atoms with Gasteiger partial charge in [-0.15, -0.1) is 0 Å². The van der Waals surface area contributed by atoms with Gasteiger partial charge in [-0.25, -0.2) is 0 Å². The Labute approximate surface area is 416 Å². The van der Waals surface area contributed by atoms with Crippen molar-refractivity contribution in [2.45, 2.75) is 33.1 Å². The summed E-state index contributed by atoms with van der Waals surface area (Å²) in [6.45, 7) is 9.23. The minimum absolute atomic E-state index is 0.302. The zero-order chi connectivity index (χ0) is 47.8. The predicted molar refractivity (Wildman–Crippen MR) is 303 cm³/mol. The van der Waals surface area contributed by atoms with Crippen molar-refractivity contribution in [3.8, 4) is 44.5 Å². The molecule has 12 aromatic rings. The lowest BCUT2D eigenvalue weighted by Gasteiger charge is -2.29. The third-order valence-corrected chi connectivity index (χ3v) is 15.0. The fourth-order valence-electron chi connectivity index (χ4n) is 11.8. The molecule has 0 saturated heterocycles. The maximum Gasteiger partial charge on any atom is 0.0473 e. The Hall–Kier alpha value is -8.72. The Kier molecular flexibility index (Phi) is 10.0. The van der Waals surface area contributed by atoms with Gasteiger partial charge in [0, 0.05) is 39.5 Å². The smallest absolute Gasteiger partial charge is 0.0473 e. The van der Waals surface area contributed by atoms with Gasteiger partial charge in [0.1, 0.15) is 0 Å². The van der Waals surface area contributed by atoms with Gasteiger partial charge in [0.05, 0.1) is 0 Å². The third-order valence-electron chi connectivity index (χ3n) is 15.0. The van der Waals surface area contributed by atoms with Gasteiger partial charge in [-0.2, -0.15) is 0 Å². The van der Waals surface area contributed by atoms with Crippen molar-refractivity contribution in [3.63, 3.8) is 0 Å². The fraction of sp³-hybridized carbons (Fsp3) is 0.0725. The molecule has 2 nitrogen and oxygen atoms in total. The van der Waals surface area contributed by atoms with E-state index < -0.39 is 0 Å². The number of rotatable bonds is 9. The summed E-state index contributed by atoms with van der Waals surface area (Å²) in [5.41, 5.74) is 21.6. The van der Waals surface area contributed by atoms with E-state index in [0.29, 0.717) is 0 Å². The van der Waals surface area contributed by atoms with Gasteiger partial charge in [-0.3, -0.25) is 0 Å². The normalized spacial score (nSPS) is 12.6. The van der Waals surface area contributed by atoms with E-state index >= 15 is 0 Å². The fourth-order valence-corrected chi connectivity index (χ4v) is 11.8. The van der Waals surface area contributed by atoms with Crippen LogP contribution in [0, 0.1) is 13.8 Å². The highest BCUT2D eigenvalue weighted by molar-refractivity contribution is 6.31. The van der Waals surface area contributed by atoms with Gasteiger partial charge in [-0.05, 0) is 187 Å². The van der Waals surface area contributed by atoms with Crippen LogP contribution in [0.25, 0.3) is 76.8 Å². The molecule has 0 spiro atoms. The summed E-state index contributed by atoms with van der Waals surface area (Å²) in [6, 6.07) is 89.7. The second-order valence-corrected chi connectivity index (χ2v) is 19.9. The van der Waals surface area contributed by atoms with Crippen LogP contribution in [0.3, 0.4) is 0 Å². The van der Waals surface area contributed by atoms with Crippen LogP contribution in [0.5, 0.6) is 0 Å². The molecule has 0 bridgehead atoms. The maximum absolute atomic E-state index is 2.48. The van der Waals surface area contributed by atoms with Crippen molar-refractivity contribution >= 4 is 66.4 Å². The van der Waals surface area contributed by atoms with Crippen LogP contribution in [-0.2, 0) is 5.41 Å². The van der Waals surface area contributed by atoms with Crippen molar-refractivity contribution in [1.29, 1.82) is 0 Å². The van der Waals surface area contributed by atoms with Gasteiger partial charge in [0.25, 0.3) is 0 Å². The van der Waals surface area contributed by atoms with Crippen LogP contribution < -0.4 is 9.80 Å².